The normalized spacial score (nSPS) is 30.4. The Morgan fingerprint density at radius 2 is 2.00 bits per heavy atom. The highest BCUT2D eigenvalue weighted by Gasteiger charge is 2.38. The van der Waals surface area contributed by atoms with Gasteiger partial charge >= 0.3 is 0 Å². The molecule has 0 aromatic rings. The van der Waals surface area contributed by atoms with Gasteiger partial charge < -0.3 is 10.2 Å². The quantitative estimate of drug-likeness (QED) is 0.850. The molecule has 0 bridgehead atoms. The molecule has 4 heteroatoms. The first-order chi connectivity index (χ1) is 9.77. The van der Waals surface area contributed by atoms with Crippen LogP contribution in [0.4, 0.5) is 0 Å². The standard InChI is InChI=1S/C16H28N2OS/c19-15(11-14-12-20-10-8-17-14)18-9-4-7-16(13-18)5-2-1-3-6-16/h14,17H,1-13H2. The Labute approximate surface area is 127 Å². The minimum Gasteiger partial charge on any atom is -0.342 e. The number of likely N-dealkylation sites (tertiary alicyclic amines) is 1. The van der Waals surface area contributed by atoms with Crippen LogP contribution in [0.15, 0.2) is 0 Å². The second-order valence-electron chi connectivity index (χ2n) is 6.91. The molecule has 3 fully saturated rings. The Morgan fingerprint density at radius 3 is 2.75 bits per heavy atom. The molecule has 3 nitrogen and oxygen atoms in total. The first-order valence-corrected chi connectivity index (χ1v) is 9.52. The molecular weight excluding hydrogens is 268 g/mol. The Balaban J connectivity index is 1.54. The number of amides is 1. The van der Waals surface area contributed by atoms with Crippen LogP contribution in [0.2, 0.25) is 0 Å². The van der Waals surface area contributed by atoms with Gasteiger partial charge in [0.2, 0.25) is 5.91 Å². The van der Waals surface area contributed by atoms with Crippen LogP contribution in [0.3, 0.4) is 0 Å². The van der Waals surface area contributed by atoms with Crippen LogP contribution in [0.25, 0.3) is 0 Å². The fraction of sp³-hybridized carbons (Fsp3) is 0.938. The predicted octanol–water partition coefficient (Wildman–Crippen LogP) is 2.65. The summed E-state index contributed by atoms with van der Waals surface area (Å²) in [5, 5.41) is 3.49. The summed E-state index contributed by atoms with van der Waals surface area (Å²) in [7, 11) is 0. The highest BCUT2D eigenvalue weighted by atomic mass is 32.2. The minimum absolute atomic E-state index is 0.398. The molecule has 1 atom stereocenters. The van der Waals surface area contributed by atoms with Crippen LogP contribution >= 0.6 is 11.8 Å². The van der Waals surface area contributed by atoms with Gasteiger partial charge in [0.15, 0.2) is 0 Å². The third-order valence-corrected chi connectivity index (χ3v) is 6.48. The lowest BCUT2D eigenvalue weighted by atomic mass is 9.69. The van der Waals surface area contributed by atoms with Crippen molar-refractivity contribution in [3.63, 3.8) is 0 Å². The zero-order valence-corrected chi connectivity index (χ0v) is 13.3. The van der Waals surface area contributed by atoms with Crippen molar-refractivity contribution in [2.24, 2.45) is 5.41 Å². The molecule has 1 spiro atoms. The molecule has 1 N–H and O–H groups in total. The van der Waals surface area contributed by atoms with Crippen molar-refractivity contribution in [3.05, 3.63) is 0 Å². The summed E-state index contributed by atoms with van der Waals surface area (Å²) < 4.78 is 0. The van der Waals surface area contributed by atoms with Crippen LogP contribution in [0.1, 0.15) is 51.4 Å². The van der Waals surface area contributed by atoms with Gasteiger partial charge in [0.1, 0.15) is 0 Å². The van der Waals surface area contributed by atoms with Crippen molar-refractivity contribution >= 4 is 17.7 Å². The Kier molecular flexibility index (Phi) is 4.92. The molecule has 0 aromatic carbocycles. The molecule has 1 unspecified atom stereocenters. The molecule has 1 amide bonds. The molecule has 2 aliphatic heterocycles. The number of nitrogens with zero attached hydrogens (tertiary/aromatic N) is 1. The van der Waals surface area contributed by atoms with Crippen molar-refractivity contribution in [3.8, 4) is 0 Å². The number of carbonyl (C=O) groups excluding carboxylic acids is 1. The Bertz CT molecular complexity index is 330. The van der Waals surface area contributed by atoms with E-state index in [1.54, 1.807) is 0 Å². The third-order valence-electron chi connectivity index (χ3n) is 5.35. The van der Waals surface area contributed by atoms with Crippen molar-refractivity contribution in [2.45, 2.75) is 57.4 Å². The second-order valence-corrected chi connectivity index (χ2v) is 8.06. The first kappa shape index (κ1) is 14.7. The summed E-state index contributed by atoms with van der Waals surface area (Å²) in [6.45, 7) is 3.11. The maximum atomic E-state index is 12.6. The van der Waals surface area contributed by atoms with E-state index in [1.165, 1.54) is 50.7 Å². The fourth-order valence-electron chi connectivity index (χ4n) is 4.22. The smallest absolute Gasteiger partial charge is 0.224 e. The van der Waals surface area contributed by atoms with E-state index in [4.69, 9.17) is 0 Å². The number of hydrogen-bond acceptors (Lipinski definition) is 3. The summed E-state index contributed by atoms with van der Waals surface area (Å²) >= 11 is 1.98. The minimum atomic E-state index is 0.398. The van der Waals surface area contributed by atoms with Crippen LogP contribution < -0.4 is 5.32 Å². The van der Waals surface area contributed by atoms with Gasteiger partial charge in [0.25, 0.3) is 0 Å². The van der Waals surface area contributed by atoms with E-state index < -0.39 is 0 Å². The van der Waals surface area contributed by atoms with Gasteiger partial charge in [-0.15, -0.1) is 0 Å². The maximum absolute atomic E-state index is 12.6. The van der Waals surface area contributed by atoms with E-state index in [1.807, 2.05) is 11.8 Å². The first-order valence-electron chi connectivity index (χ1n) is 8.36. The van der Waals surface area contributed by atoms with Crippen molar-refractivity contribution in [1.29, 1.82) is 0 Å². The van der Waals surface area contributed by atoms with Crippen LogP contribution in [-0.4, -0.2) is 48.0 Å². The largest absolute Gasteiger partial charge is 0.342 e. The fourth-order valence-corrected chi connectivity index (χ4v) is 5.17. The van der Waals surface area contributed by atoms with E-state index in [2.05, 4.69) is 10.2 Å². The molecule has 0 radical (unpaired) electrons. The molecule has 114 valence electrons. The monoisotopic (exact) mass is 296 g/mol. The number of piperidine rings is 1. The topological polar surface area (TPSA) is 32.3 Å². The maximum Gasteiger partial charge on any atom is 0.224 e. The highest BCUT2D eigenvalue weighted by molar-refractivity contribution is 7.99. The molecular formula is C16H28N2OS. The SMILES string of the molecule is O=C(CC1CSCCN1)N1CCCC2(CCCCC2)C1. The average Bonchev–Trinajstić information content (AvgIpc) is 2.49. The van der Waals surface area contributed by atoms with E-state index in [0.717, 1.165) is 25.4 Å². The highest BCUT2D eigenvalue weighted by Crippen LogP contribution is 2.43. The average molecular weight is 296 g/mol. The molecule has 2 heterocycles. The summed E-state index contributed by atoms with van der Waals surface area (Å²) in [6.07, 6.45) is 10.2. The van der Waals surface area contributed by atoms with Gasteiger partial charge in [-0.05, 0) is 31.1 Å². The lowest BCUT2D eigenvalue weighted by Crippen LogP contribution is -2.49. The molecule has 2 saturated heterocycles. The number of nitrogens with one attached hydrogen (secondary N) is 1. The number of carbonyl (C=O) groups is 1. The van der Waals surface area contributed by atoms with Gasteiger partial charge in [0, 0.05) is 43.6 Å². The van der Waals surface area contributed by atoms with E-state index >= 15 is 0 Å². The van der Waals surface area contributed by atoms with Crippen LogP contribution in [0, 0.1) is 5.41 Å². The zero-order valence-electron chi connectivity index (χ0n) is 12.5. The van der Waals surface area contributed by atoms with Gasteiger partial charge in [-0.2, -0.15) is 11.8 Å². The lowest BCUT2D eigenvalue weighted by molar-refractivity contribution is -0.135. The Hall–Kier alpha value is -0.220. The predicted molar refractivity (Wildman–Crippen MR) is 85.1 cm³/mol. The number of hydrogen-bond donors (Lipinski definition) is 1. The molecule has 3 aliphatic rings. The van der Waals surface area contributed by atoms with Crippen LogP contribution in [-0.2, 0) is 4.79 Å². The zero-order chi connectivity index (χ0) is 13.8. The molecule has 20 heavy (non-hydrogen) atoms. The van der Waals surface area contributed by atoms with E-state index in [0.29, 0.717) is 23.8 Å². The van der Waals surface area contributed by atoms with Crippen molar-refractivity contribution in [1.82, 2.24) is 10.2 Å². The van der Waals surface area contributed by atoms with Gasteiger partial charge in [0.05, 0.1) is 0 Å². The molecule has 3 rings (SSSR count). The van der Waals surface area contributed by atoms with Gasteiger partial charge in [-0.3, -0.25) is 4.79 Å². The lowest BCUT2D eigenvalue weighted by Gasteiger charge is -2.45. The molecule has 0 aromatic heterocycles. The summed E-state index contributed by atoms with van der Waals surface area (Å²) in [4.78, 5) is 14.8. The molecule has 1 aliphatic carbocycles. The van der Waals surface area contributed by atoms with Gasteiger partial charge in [-0.25, -0.2) is 0 Å². The number of thioether (sulfide) groups is 1. The number of rotatable bonds is 2. The molecule has 1 saturated carbocycles. The summed E-state index contributed by atoms with van der Waals surface area (Å²) in [6, 6.07) is 0.408. The van der Waals surface area contributed by atoms with Crippen molar-refractivity contribution in [2.75, 3.05) is 31.1 Å². The second kappa shape index (κ2) is 6.69. The summed E-state index contributed by atoms with van der Waals surface area (Å²) in [5.41, 5.74) is 0.487. The third kappa shape index (κ3) is 3.51. The van der Waals surface area contributed by atoms with E-state index in [9.17, 15) is 4.79 Å². The van der Waals surface area contributed by atoms with Gasteiger partial charge in [-0.1, -0.05) is 19.3 Å². The van der Waals surface area contributed by atoms with Crippen molar-refractivity contribution < 1.29 is 4.79 Å². The van der Waals surface area contributed by atoms with Crippen LogP contribution in [0.5, 0.6) is 0 Å². The van der Waals surface area contributed by atoms with E-state index in [-0.39, 0.29) is 0 Å². The Morgan fingerprint density at radius 1 is 1.20 bits per heavy atom. The summed E-state index contributed by atoms with van der Waals surface area (Å²) in [5.74, 6) is 2.69.